The second-order valence-electron chi connectivity index (χ2n) is 23.6. The Kier molecular flexibility index (Phi) is 15.7. The molecule has 6 heterocycles. The van der Waals surface area contributed by atoms with E-state index in [0.29, 0.717) is 55.1 Å². The van der Waals surface area contributed by atoms with Gasteiger partial charge in [-0.05, 0) is 158 Å². The Morgan fingerprint density at radius 2 is 1.07 bits per heavy atom. The van der Waals surface area contributed by atoms with Crippen molar-refractivity contribution >= 4 is 69.8 Å². The van der Waals surface area contributed by atoms with E-state index in [1.165, 1.54) is 26.0 Å². The monoisotopic (exact) mass is 1140 g/mol. The van der Waals surface area contributed by atoms with Crippen LogP contribution in [-0.2, 0) is 44.4 Å². The molecule has 0 bridgehead atoms. The van der Waals surface area contributed by atoms with Crippen molar-refractivity contribution in [3.8, 4) is 11.1 Å². The van der Waals surface area contributed by atoms with Gasteiger partial charge in [0.15, 0.2) is 23.3 Å². The molecule has 5 fully saturated rings. The summed E-state index contributed by atoms with van der Waals surface area (Å²) < 4.78 is 89.5. The molecule has 2 aliphatic carbocycles. The zero-order chi connectivity index (χ0) is 58.8. The summed E-state index contributed by atoms with van der Waals surface area (Å²) in [7, 11) is -0.557. The fourth-order valence-electron chi connectivity index (χ4n) is 12.9. The maximum atomic E-state index is 14.3. The minimum atomic E-state index is -1.00. The zero-order valence-corrected chi connectivity index (χ0v) is 48.0. The van der Waals surface area contributed by atoms with Gasteiger partial charge in [0.05, 0.1) is 51.0 Å². The fraction of sp³-hybridized carbons (Fsp3) is 0.468. The molecule has 2 saturated carbocycles. The Morgan fingerprint density at radius 3 is 1.52 bits per heavy atom. The first kappa shape index (κ1) is 57.4. The number of ether oxygens (including phenoxy) is 2. The second-order valence-corrected chi connectivity index (χ2v) is 23.6. The summed E-state index contributed by atoms with van der Waals surface area (Å²) in [4.78, 5) is 62.6. The van der Waals surface area contributed by atoms with Gasteiger partial charge >= 0.3 is 19.1 Å². The highest BCUT2D eigenvalue weighted by Gasteiger charge is 2.52. The van der Waals surface area contributed by atoms with Crippen LogP contribution in [0.2, 0.25) is 0 Å². The van der Waals surface area contributed by atoms with Gasteiger partial charge in [-0.2, -0.15) is 0 Å². The summed E-state index contributed by atoms with van der Waals surface area (Å²) in [6.45, 7) is 14.8. The summed E-state index contributed by atoms with van der Waals surface area (Å²) in [5.74, 6) is -2.61. The van der Waals surface area contributed by atoms with E-state index in [2.05, 4.69) is 14.3 Å². The number of carbonyl (C=O) groups is 4. The van der Waals surface area contributed by atoms with Crippen LogP contribution in [-0.4, -0.2) is 78.5 Å². The second kappa shape index (κ2) is 22.6. The molecule has 4 aromatic carbocycles. The summed E-state index contributed by atoms with van der Waals surface area (Å²) in [5, 5.41) is 4.16. The largest absolute Gasteiger partial charge is 0.494 e. The van der Waals surface area contributed by atoms with Crippen LogP contribution in [0.1, 0.15) is 173 Å². The van der Waals surface area contributed by atoms with E-state index in [4.69, 9.17) is 33.3 Å². The summed E-state index contributed by atoms with van der Waals surface area (Å²) >= 11 is 0. The minimum absolute atomic E-state index is 0.0574. The van der Waals surface area contributed by atoms with Gasteiger partial charge in [0.25, 0.3) is 0 Å². The Balaban J connectivity index is 0.000000174. The van der Waals surface area contributed by atoms with Gasteiger partial charge in [0.1, 0.15) is 29.6 Å². The summed E-state index contributed by atoms with van der Waals surface area (Å²) in [5.41, 5.74) is 6.51. The Hall–Kier alpha value is -7.39. The van der Waals surface area contributed by atoms with Crippen LogP contribution in [0.25, 0.3) is 33.2 Å². The lowest BCUT2D eigenvalue weighted by Gasteiger charge is -2.32. The molecule has 5 aliphatic rings. The number of benzene rings is 4. The molecule has 436 valence electrons. The van der Waals surface area contributed by atoms with Crippen molar-refractivity contribution in [2.45, 2.75) is 186 Å². The molecule has 3 aromatic heterocycles. The van der Waals surface area contributed by atoms with Gasteiger partial charge in [0.2, 0.25) is 11.8 Å². The van der Waals surface area contributed by atoms with Crippen LogP contribution >= 0.6 is 0 Å². The third kappa shape index (κ3) is 11.1. The molecule has 0 N–H and O–H groups in total. The van der Waals surface area contributed by atoms with Crippen molar-refractivity contribution in [1.82, 2.24) is 24.3 Å². The van der Waals surface area contributed by atoms with Crippen molar-refractivity contribution < 1.29 is 60.0 Å². The number of nitrogens with zero attached hydrogens (tertiary/aromatic N) is 7. The lowest BCUT2D eigenvalue weighted by atomic mass is 9.79. The molecule has 2 amide bonds. The van der Waals surface area contributed by atoms with E-state index < -0.39 is 53.7 Å². The number of fused-ring (bicyclic) bond motifs is 2. The van der Waals surface area contributed by atoms with E-state index in [-0.39, 0.29) is 60.9 Å². The van der Waals surface area contributed by atoms with E-state index >= 15 is 0 Å². The number of aryl methyl sites for hydroxylation is 2. The molecule has 0 unspecified atom stereocenters. The van der Waals surface area contributed by atoms with Crippen LogP contribution < -0.4 is 15.3 Å². The lowest BCUT2D eigenvalue weighted by molar-refractivity contribution is -0.149. The van der Waals surface area contributed by atoms with Gasteiger partial charge in [-0.3, -0.25) is 19.2 Å². The smallest absolute Gasteiger partial charge is 0.463 e. The first-order valence-corrected chi connectivity index (χ1v) is 28.8. The molecule has 0 spiro atoms. The number of esters is 2. The molecule has 12 rings (SSSR count). The number of hydrogen-bond donors (Lipinski definition) is 0. The normalized spacial score (nSPS) is 23.3. The third-order valence-electron chi connectivity index (χ3n) is 17.6. The highest BCUT2D eigenvalue weighted by Crippen LogP contribution is 2.45. The van der Waals surface area contributed by atoms with E-state index in [1.807, 2.05) is 77.9 Å². The van der Waals surface area contributed by atoms with Crippen LogP contribution in [0.15, 0.2) is 77.3 Å². The Bertz CT molecular complexity index is 3640. The number of aromatic nitrogens is 5. The predicted octanol–water partition coefficient (Wildman–Crippen LogP) is 12.3. The number of amides is 2. The molecule has 16 nitrogen and oxygen atoms in total. The molecular formula is C62H68BF4N7O9. The molecule has 21 heteroatoms. The molecule has 0 radical (unpaired) electrons. The van der Waals surface area contributed by atoms with Gasteiger partial charge in [0, 0.05) is 74.3 Å². The number of hydrogen-bond acceptors (Lipinski definition) is 12. The van der Waals surface area contributed by atoms with Crippen molar-refractivity contribution in [3.63, 3.8) is 0 Å². The maximum Gasteiger partial charge on any atom is 0.494 e. The van der Waals surface area contributed by atoms with Crippen LogP contribution in [0.4, 0.5) is 28.9 Å². The van der Waals surface area contributed by atoms with E-state index in [0.717, 1.165) is 113 Å². The number of imidazole rings is 2. The average Bonchev–Trinajstić information content (AvgIpc) is 4.31. The van der Waals surface area contributed by atoms with Gasteiger partial charge < -0.3 is 42.2 Å². The predicted molar refractivity (Wildman–Crippen MR) is 303 cm³/mol. The van der Waals surface area contributed by atoms with Crippen LogP contribution in [0, 0.1) is 30.2 Å². The van der Waals surface area contributed by atoms with Gasteiger partial charge in [-0.1, -0.05) is 24.2 Å². The van der Waals surface area contributed by atoms with Crippen molar-refractivity contribution in [1.29, 1.82) is 0 Å². The average molecular weight is 1140 g/mol. The summed E-state index contributed by atoms with van der Waals surface area (Å²) in [6.07, 6.45) is 7.94. The van der Waals surface area contributed by atoms with Crippen molar-refractivity contribution in [2.24, 2.45) is 0 Å². The molecule has 3 saturated heterocycles. The SMILES string of the molecule is CC(=O)OC1CCC(n2c([C@@H]3CCC(=O)N3c3ccc(F)c(F)c3)nc3cc(B4OC(C)(C)C(C)(C)O4)ccc32)CC1.CCc1onc(C)c1-c1ccc2c(c1)nc([C@@H]1CCC(=O)N1c1ccc(F)c(F)c1)n2C1CCC(OC(C)=O)CC1. The highest BCUT2D eigenvalue weighted by molar-refractivity contribution is 6.62. The molecule has 7 aromatic rings. The summed E-state index contributed by atoms with van der Waals surface area (Å²) in [6, 6.07) is 18.4. The van der Waals surface area contributed by atoms with Crippen molar-refractivity contribution in [3.05, 3.63) is 119 Å². The number of halogens is 4. The topological polar surface area (TPSA) is 173 Å². The first-order chi connectivity index (χ1) is 39.6. The molecule has 2 atom stereocenters. The highest BCUT2D eigenvalue weighted by atomic mass is 19.2. The molecule has 3 aliphatic heterocycles. The van der Waals surface area contributed by atoms with Crippen LogP contribution in [0.3, 0.4) is 0 Å². The number of rotatable bonds is 11. The first-order valence-electron chi connectivity index (χ1n) is 28.8. The number of carbonyl (C=O) groups excluding carboxylic acids is 4. The van der Waals surface area contributed by atoms with E-state index in [9.17, 15) is 36.7 Å². The standard InChI is InChI=1S/C31H36BF2N3O5.C31H32F2N4O4/c1-18(38)40-22-10-7-20(8-11-22)37-26-13-6-19(32-41-30(2,3)31(4,5)42-32)16-25(26)35-29(37)27-14-15-28(39)36(27)21-9-12-23(33)24(34)17-21;1-4-28-30(17(2)35-41-28)19-5-12-26-25(15-19)34-31(37(26)20-6-9-22(10-7-20)40-18(3)38)27-13-14-29(39)36(27)21-8-11-23(32)24(33)16-21/h6,9,12-13,16-17,20,22,27H,7-8,10-11,14-15H2,1-5H3;5,8,11-12,15-16,20,22,27H,4,6-7,9-10,13-14H2,1-3H3/t2*20?,22?,27-/m00/s1. The van der Waals surface area contributed by atoms with Crippen molar-refractivity contribution in [2.75, 3.05) is 9.80 Å². The third-order valence-corrected chi connectivity index (χ3v) is 17.6. The Morgan fingerprint density at radius 1 is 0.614 bits per heavy atom. The lowest BCUT2D eigenvalue weighted by Crippen LogP contribution is -2.41. The maximum absolute atomic E-state index is 14.3. The van der Waals surface area contributed by atoms with Gasteiger partial charge in [-0.15, -0.1) is 0 Å². The molecular weight excluding hydrogens is 1070 g/mol. The number of anilines is 2. The fourth-order valence-corrected chi connectivity index (χ4v) is 12.9. The van der Waals surface area contributed by atoms with E-state index in [1.54, 1.807) is 9.80 Å². The quantitative estimate of drug-likeness (QED) is 0.0682. The zero-order valence-electron chi connectivity index (χ0n) is 48.0. The van der Waals surface area contributed by atoms with Crippen LogP contribution in [0.5, 0.6) is 0 Å². The van der Waals surface area contributed by atoms with Gasteiger partial charge in [-0.25, -0.2) is 27.5 Å². The minimum Gasteiger partial charge on any atom is -0.463 e. The Labute approximate surface area is 478 Å². The molecule has 83 heavy (non-hydrogen) atoms.